The van der Waals surface area contributed by atoms with Crippen LogP contribution in [-0.2, 0) is 0 Å². The lowest BCUT2D eigenvalue weighted by atomic mass is 10.3. The van der Waals surface area contributed by atoms with Crippen molar-refractivity contribution < 1.29 is 0 Å². The van der Waals surface area contributed by atoms with Gasteiger partial charge in [-0.25, -0.2) is 15.0 Å². The molecule has 90 valence electrons. The maximum absolute atomic E-state index is 5.97. The van der Waals surface area contributed by atoms with Crippen LogP contribution in [0.5, 0.6) is 0 Å². The highest BCUT2D eigenvalue weighted by Gasteiger charge is 2.11. The summed E-state index contributed by atoms with van der Waals surface area (Å²) in [6.45, 7) is 3.94. The zero-order valence-electron chi connectivity index (χ0n) is 10.3. The number of fused-ring (bicyclic) bond motifs is 1. The van der Waals surface area contributed by atoms with Crippen LogP contribution in [0.1, 0.15) is 11.4 Å². The number of nitrogens with two attached hydrogens (primary N) is 1. The van der Waals surface area contributed by atoms with Gasteiger partial charge >= 0.3 is 0 Å². The Labute approximate surface area is 104 Å². The number of hydrogen-bond acceptors (Lipinski definition) is 4. The molecule has 0 saturated carbocycles. The number of aromatic nitrogens is 4. The summed E-state index contributed by atoms with van der Waals surface area (Å²) in [7, 11) is 0. The van der Waals surface area contributed by atoms with Gasteiger partial charge in [0.05, 0.1) is 16.7 Å². The van der Waals surface area contributed by atoms with Crippen molar-refractivity contribution >= 4 is 16.9 Å². The van der Waals surface area contributed by atoms with Crippen LogP contribution >= 0.6 is 0 Å². The maximum Gasteiger partial charge on any atom is 0.181 e. The third-order valence-corrected chi connectivity index (χ3v) is 3.06. The number of nitrogens with zero attached hydrogens (tertiary/aromatic N) is 4. The first-order valence-corrected chi connectivity index (χ1v) is 5.70. The third kappa shape index (κ3) is 1.52. The van der Waals surface area contributed by atoms with E-state index in [1.165, 1.54) is 0 Å². The minimum Gasteiger partial charge on any atom is -0.381 e. The first-order valence-electron chi connectivity index (χ1n) is 5.70. The fraction of sp³-hybridized carbons (Fsp3) is 0.154. The summed E-state index contributed by atoms with van der Waals surface area (Å²) < 4.78 is 1.87. The summed E-state index contributed by atoms with van der Waals surface area (Å²) in [4.78, 5) is 13.2. The Morgan fingerprint density at radius 3 is 2.33 bits per heavy atom. The average Bonchev–Trinajstić information content (AvgIpc) is 2.69. The van der Waals surface area contributed by atoms with Gasteiger partial charge in [-0.05, 0) is 26.0 Å². The predicted octanol–water partition coefficient (Wildman–Crippen LogP) is 2.01. The SMILES string of the molecule is Cc1ncn(-c2nc3ccccc3nc2N)c1C. The Kier molecular flexibility index (Phi) is 2.26. The van der Waals surface area contributed by atoms with Crippen molar-refractivity contribution in [1.29, 1.82) is 0 Å². The molecule has 5 nitrogen and oxygen atoms in total. The number of nitrogen functional groups attached to an aromatic ring is 1. The van der Waals surface area contributed by atoms with Crippen molar-refractivity contribution in [1.82, 2.24) is 19.5 Å². The third-order valence-electron chi connectivity index (χ3n) is 3.06. The van der Waals surface area contributed by atoms with E-state index in [0.717, 1.165) is 22.4 Å². The summed E-state index contributed by atoms with van der Waals surface area (Å²) in [5, 5.41) is 0. The van der Waals surface area contributed by atoms with Gasteiger partial charge in [0.1, 0.15) is 6.33 Å². The quantitative estimate of drug-likeness (QED) is 0.705. The summed E-state index contributed by atoms with van der Waals surface area (Å²) in [5.41, 5.74) is 9.58. The van der Waals surface area contributed by atoms with Gasteiger partial charge in [-0.2, -0.15) is 0 Å². The normalized spacial score (nSPS) is 11.0. The van der Waals surface area contributed by atoms with Crippen LogP contribution in [-0.4, -0.2) is 19.5 Å². The standard InChI is InChI=1S/C13H13N5/c1-8-9(2)18(7-15-8)13-12(14)16-10-5-3-4-6-11(10)17-13/h3-7H,1-2H3,(H2,14,16). The van der Waals surface area contributed by atoms with Crippen molar-refractivity contribution in [3.8, 4) is 5.82 Å². The molecule has 2 heterocycles. The van der Waals surface area contributed by atoms with Crippen molar-refractivity contribution in [3.05, 3.63) is 42.0 Å². The van der Waals surface area contributed by atoms with Crippen molar-refractivity contribution in [3.63, 3.8) is 0 Å². The van der Waals surface area contributed by atoms with Crippen molar-refractivity contribution in [2.24, 2.45) is 0 Å². The Morgan fingerprint density at radius 2 is 1.72 bits per heavy atom. The van der Waals surface area contributed by atoms with Gasteiger partial charge < -0.3 is 5.73 Å². The summed E-state index contributed by atoms with van der Waals surface area (Å²) >= 11 is 0. The van der Waals surface area contributed by atoms with E-state index in [9.17, 15) is 0 Å². The molecule has 0 atom stereocenters. The molecule has 0 saturated heterocycles. The molecule has 2 aromatic heterocycles. The molecule has 0 aliphatic rings. The number of aryl methyl sites for hydroxylation is 1. The van der Waals surface area contributed by atoms with Crippen LogP contribution in [0.3, 0.4) is 0 Å². The Hall–Kier alpha value is -2.43. The zero-order valence-corrected chi connectivity index (χ0v) is 10.3. The van der Waals surface area contributed by atoms with Gasteiger partial charge in [0.2, 0.25) is 0 Å². The van der Waals surface area contributed by atoms with Gasteiger partial charge in [-0.15, -0.1) is 0 Å². The smallest absolute Gasteiger partial charge is 0.181 e. The van der Waals surface area contributed by atoms with Gasteiger partial charge in [0, 0.05) is 5.69 Å². The fourth-order valence-corrected chi connectivity index (χ4v) is 1.89. The molecule has 3 rings (SSSR count). The first-order chi connectivity index (χ1) is 8.66. The molecule has 0 fully saturated rings. The molecule has 0 amide bonds. The van der Waals surface area contributed by atoms with Crippen molar-refractivity contribution in [2.45, 2.75) is 13.8 Å². The van der Waals surface area contributed by atoms with E-state index in [-0.39, 0.29) is 0 Å². The lowest BCUT2D eigenvalue weighted by Crippen LogP contribution is -2.06. The topological polar surface area (TPSA) is 69.6 Å². The highest BCUT2D eigenvalue weighted by molar-refractivity contribution is 5.77. The van der Waals surface area contributed by atoms with Crippen LogP contribution < -0.4 is 5.73 Å². The number of rotatable bonds is 1. The van der Waals surface area contributed by atoms with Crippen molar-refractivity contribution in [2.75, 3.05) is 5.73 Å². The molecule has 1 aromatic carbocycles. The van der Waals surface area contributed by atoms with Gasteiger partial charge in [-0.3, -0.25) is 4.57 Å². The van der Waals surface area contributed by atoms with Crippen LogP contribution in [0.25, 0.3) is 16.9 Å². The molecule has 0 bridgehead atoms. The highest BCUT2D eigenvalue weighted by Crippen LogP contribution is 2.20. The van der Waals surface area contributed by atoms with Crippen LogP contribution in [0.15, 0.2) is 30.6 Å². The van der Waals surface area contributed by atoms with Crippen LogP contribution in [0, 0.1) is 13.8 Å². The molecule has 0 spiro atoms. The Morgan fingerprint density at radius 1 is 1.06 bits per heavy atom. The van der Waals surface area contributed by atoms with E-state index in [1.54, 1.807) is 6.33 Å². The predicted molar refractivity (Wildman–Crippen MR) is 70.5 cm³/mol. The van der Waals surface area contributed by atoms with Crippen LogP contribution in [0.4, 0.5) is 5.82 Å². The Bertz CT molecular complexity index is 729. The van der Waals surface area contributed by atoms with E-state index >= 15 is 0 Å². The second-order valence-electron chi connectivity index (χ2n) is 4.21. The van der Waals surface area contributed by atoms with E-state index in [1.807, 2.05) is 42.7 Å². The average molecular weight is 239 g/mol. The fourth-order valence-electron chi connectivity index (χ4n) is 1.89. The molecule has 0 aliphatic carbocycles. The largest absolute Gasteiger partial charge is 0.381 e. The molecular weight excluding hydrogens is 226 g/mol. The number of anilines is 1. The van der Waals surface area contributed by atoms with E-state index in [4.69, 9.17) is 5.73 Å². The molecule has 18 heavy (non-hydrogen) atoms. The molecular formula is C13H13N5. The zero-order chi connectivity index (χ0) is 12.7. The minimum atomic E-state index is 0.411. The summed E-state index contributed by atoms with van der Waals surface area (Å²) in [5.74, 6) is 1.04. The van der Waals surface area contributed by atoms with Gasteiger partial charge in [-0.1, -0.05) is 12.1 Å². The summed E-state index contributed by atoms with van der Waals surface area (Å²) in [6, 6.07) is 7.67. The molecule has 0 unspecified atom stereocenters. The van der Waals surface area contributed by atoms with E-state index < -0.39 is 0 Å². The van der Waals surface area contributed by atoms with Gasteiger partial charge in [0.15, 0.2) is 11.6 Å². The number of para-hydroxylation sites is 2. The molecule has 0 radical (unpaired) electrons. The molecule has 5 heteroatoms. The second kappa shape index (κ2) is 3.80. The Balaban J connectivity index is 2.29. The molecule has 2 N–H and O–H groups in total. The van der Waals surface area contributed by atoms with Crippen LogP contribution in [0.2, 0.25) is 0 Å². The number of hydrogen-bond donors (Lipinski definition) is 1. The van der Waals surface area contributed by atoms with E-state index in [2.05, 4.69) is 15.0 Å². The lowest BCUT2D eigenvalue weighted by molar-refractivity contribution is 0.954. The molecule has 3 aromatic rings. The molecule has 0 aliphatic heterocycles. The first kappa shape index (κ1) is 10.7. The monoisotopic (exact) mass is 239 g/mol. The maximum atomic E-state index is 5.97. The van der Waals surface area contributed by atoms with Gasteiger partial charge in [0.25, 0.3) is 0 Å². The summed E-state index contributed by atoms with van der Waals surface area (Å²) in [6.07, 6.45) is 1.72. The minimum absolute atomic E-state index is 0.411. The second-order valence-corrected chi connectivity index (χ2v) is 4.21. The lowest BCUT2D eigenvalue weighted by Gasteiger charge is -2.08. The van der Waals surface area contributed by atoms with E-state index in [0.29, 0.717) is 11.6 Å². The number of benzene rings is 1. The number of imidazole rings is 1. The highest BCUT2D eigenvalue weighted by atomic mass is 15.1.